The lowest BCUT2D eigenvalue weighted by molar-refractivity contribution is -0.131. The molecule has 1 fully saturated rings. The second-order valence-electron chi connectivity index (χ2n) is 12.0. The van der Waals surface area contributed by atoms with Crippen LogP contribution in [0.2, 0.25) is 0 Å². The van der Waals surface area contributed by atoms with E-state index in [-0.39, 0.29) is 17.5 Å². The molecule has 0 bridgehead atoms. The van der Waals surface area contributed by atoms with Gasteiger partial charge in [0.15, 0.2) is 11.6 Å². The highest BCUT2D eigenvalue weighted by atomic mass is 16.2. The molecule has 1 spiro atoms. The zero-order valence-electron chi connectivity index (χ0n) is 22.9. The molecule has 3 heterocycles. The van der Waals surface area contributed by atoms with Crippen molar-refractivity contribution in [2.24, 2.45) is 11.3 Å². The Balaban J connectivity index is 1.64. The van der Waals surface area contributed by atoms with Crippen molar-refractivity contribution in [2.45, 2.75) is 58.0 Å². The second kappa shape index (κ2) is 9.04. The number of aryl methyl sites for hydroxylation is 1. The standard InChI is InChI=1S/C34H34N2O3/c1-5-10-21-15-17-23(18-16-21)29(37)27-28(31(38)33(2,3)4)36-20-19-22-11-6-7-12-24(22)30(36)34(27)25-13-8-9-14-26(25)35-32(34)39/h6-9,11-20,27-28,30H,5,10H2,1-4H3,(H,35,39)/t27-,28+,30-,34+/m0/s1. The van der Waals surface area contributed by atoms with E-state index < -0.39 is 28.8 Å². The fraction of sp³-hybridized carbons (Fsp3) is 0.324. The first-order valence-corrected chi connectivity index (χ1v) is 13.8. The van der Waals surface area contributed by atoms with Crippen molar-refractivity contribution in [3.63, 3.8) is 0 Å². The quantitative estimate of drug-likeness (QED) is 0.400. The Morgan fingerprint density at radius 3 is 2.36 bits per heavy atom. The first kappa shape index (κ1) is 25.3. The average molecular weight is 519 g/mol. The van der Waals surface area contributed by atoms with Gasteiger partial charge in [-0.25, -0.2) is 0 Å². The summed E-state index contributed by atoms with van der Waals surface area (Å²) < 4.78 is 0. The number of nitrogens with one attached hydrogen (secondary N) is 1. The molecule has 198 valence electrons. The van der Waals surface area contributed by atoms with Crippen molar-refractivity contribution in [2.75, 3.05) is 5.32 Å². The normalized spacial score (nSPS) is 24.8. The third kappa shape index (κ3) is 3.63. The van der Waals surface area contributed by atoms with Crippen LogP contribution in [0, 0.1) is 11.3 Å². The third-order valence-corrected chi connectivity index (χ3v) is 8.64. The highest BCUT2D eigenvalue weighted by molar-refractivity contribution is 6.15. The maximum absolute atomic E-state index is 14.7. The molecule has 4 atom stereocenters. The van der Waals surface area contributed by atoms with Crippen LogP contribution in [0.25, 0.3) is 6.08 Å². The number of benzene rings is 3. The number of para-hydroxylation sites is 1. The summed E-state index contributed by atoms with van der Waals surface area (Å²) in [6.07, 6.45) is 5.86. The zero-order valence-corrected chi connectivity index (χ0v) is 22.9. The minimum absolute atomic E-state index is 0.0495. The van der Waals surface area contributed by atoms with Gasteiger partial charge in [0, 0.05) is 22.9 Å². The van der Waals surface area contributed by atoms with E-state index in [4.69, 9.17) is 0 Å². The number of carbonyl (C=O) groups is 3. The van der Waals surface area contributed by atoms with E-state index >= 15 is 0 Å². The highest BCUT2D eigenvalue weighted by Crippen LogP contribution is 2.62. The van der Waals surface area contributed by atoms with E-state index in [0.717, 1.165) is 35.1 Å². The molecule has 1 amide bonds. The summed E-state index contributed by atoms with van der Waals surface area (Å²) in [5.41, 5.74) is 3.12. The van der Waals surface area contributed by atoms with Crippen LogP contribution in [0.4, 0.5) is 5.69 Å². The predicted octanol–water partition coefficient (Wildman–Crippen LogP) is 6.35. The Labute approximate surface area is 229 Å². The summed E-state index contributed by atoms with van der Waals surface area (Å²) >= 11 is 0. The molecule has 3 aliphatic rings. The molecule has 0 saturated carbocycles. The molecule has 0 radical (unpaired) electrons. The summed E-state index contributed by atoms with van der Waals surface area (Å²) in [4.78, 5) is 45.5. The topological polar surface area (TPSA) is 66.5 Å². The lowest BCUT2D eigenvalue weighted by Gasteiger charge is -2.38. The van der Waals surface area contributed by atoms with Gasteiger partial charge in [0.2, 0.25) is 5.91 Å². The fourth-order valence-electron chi connectivity index (χ4n) is 6.92. The SMILES string of the molecule is CCCc1ccc(C(=O)[C@@H]2[C@H](C(=O)C(C)(C)C)N3C=Cc4ccccc4[C@H]3[C@]23C(=O)Nc2ccccc23)cc1. The van der Waals surface area contributed by atoms with Crippen LogP contribution in [0.1, 0.15) is 72.8 Å². The van der Waals surface area contributed by atoms with Crippen LogP contribution < -0.4 is 5.32 Å². The number of ketones is 2. The Hall–Kier alpha value is -3.99. The lowest BCUT2D eigenvalue weighted by Crippen LogP contribution is -2.50. The Bertz CT molecular complexity index is 1510. The largest absolute Gasteiger partial charge is 0.358 e. The number of anilines is 1. The number of rotatable bonds is 5. The van der Waals surface area contributed by atoms with Crippen LogP contribution >= 0.6 is 0 Å². The van der Waals surface area contributed by atoms with Crippen LogP contribution in [-0.2, 0) is 21.4 Å². The number of nitrogens with zero attached hydrogens (tertiary/aromatic N) is 1. The number of carbonyl (C=O) groups excluding carboxylic acids is 3. The Kier molecular flexibility index (Phi) is 5.87. The molecule has 6 rings (SSSR count). The molecule has 3 aromatic rings. The summed E-state index contributed by atoms with van der Waals surface area (Å²) in [6, 6.07) is 22.0. The summed E-state index contributed by atoms with van der Waals surface area (Å²) in [7, 11) is 0. The Morgan fingerprint density at radius 1 is 0.949 bits per heavy atom. The van der Waals surface area contributed by atoms with Crippen LogP contribution in [0.3, 0.4) is 0 Å². The maximum atomic E-state index is 14.7. The molecule has 1 N–H and O–H groups in total. The molecule has 3 aliphatic heterocycles. The van der Waals surface area contributed by atoms with Crippen molar-refractivity contribution < 1.29 is 14.4 Å². The number of hydrogen-bond donors (Lipinski definition) is 1. The molecule has 0 unspecified atom stereocenters. The monoisotopic (exact) mass is 518 g/mol. The van der Waals surface area contributed by atoms with Gasteiger partial charge < -0.3 is 10.2 Å². The lowest BCUT2D eigenvalue weighted by atomic mass is 9.62. The van der Waals surface area contributed by atoms with Gasteiger partial charge in [-0.1, -0.05) is 101 Å². The summed E-state index contributed by atoms with van der Waals surface area (Å²) in [6.45, 7) is 7.80. The molecular weight excluding hydrogens is 484 g/mol. The predicted molar refractivity (Wildman–Crippen MR) is 153 cm³/mol. The van der Waals surface area contributed by atoms with E-state index in [9.17, 15) is 14.4 Å². The molecule has 1 saturated heterocycles. The molecule has 5 heteroatoms. The van der Waals surface area contributed by atoms with E-state index in [1.165, 1.54) is 0 Å². The Morgan fingerprint density at radius 2 is 1.64 bits per heavy atom. The third-order valence-electron chi connectivity index (χ3n) is 8.64. The summed E-state index contributed by atoms with van der Waals surface area (Å²) in [5.74, 6) is -1.36. The number of hydrogen-bond acceptors (Lipinski definition) is 4. The molecular formula is C34H34N2O3. The number of Topliss-reactive ketones (excluding diaryl/α,β-unsaturated/α-hetero) is 2. The minimum Gasteiger partial charge on any atom is -0.358 e. The second-order valence-corrected chi connectivity index (χ2v) is 12.0. The van der Waals surface area contributed by atoms with Crippen molar-refractivity contribution in [3.05, 3.63) is 107 Å². The first-order valence-electron chi connectivity index (χ1n) is 13.8. The molecule has 0 aromatic heterocycles. The van der Waals surface area contributed by atoms with Gasteiger partial charge in [-0.15, -0.1) is 0 Å². The van der Waals surface area contributed by atoms with Gasteiger partial charge in [0.05, 0.1) is 18.0 Å². The van der Waals surface area contributed by atoms with Gasteiger partial charge in [-0.3, -0.25) is 14.4 Å². The smallest absolute Gasteiger partial charge is 0.238 e. The zero-order chi connectivity index (χ0) is 27.5. The van der Waals surface area contributed by atoms with Crippen LogP contribution in [-0.4, -0.2) is 28.4 Å². The van der Waals surface area contributed by atoms with E-state index in [0.29, 0.717) is 11.3 Å². The van der Waals surface area contributed by atoms with Gasteiger partial charge in [0.25, 0.3) is 0 Å². The minimum atomic E-state index is -1.28. The molecule has 39 heavy (non-hydrogen) atoms. The van der Waals surface area contributed by atoms with Crippen molar-refractivity contribution in [3.8, 4) is 0 Å². The number of amides is 1. The van der Waals surface area contributed by atoms with Gasteiger partial charge in [-0.2, -0.15) is 0 Å². The van der Waals surface area contributed by atoms with Gasteiger partial charge in [0.1, 0.15) is 5.41 Å². The average Bonchev–Trinajstić information content (AvgIpc) is 3.40. The van der Waals surface area contributed by atoms with Crippen LogP contribution in [0.5, 0.6) is 0 Å². The van der Waals surface area contributed by atoms with Crippen LogP contribution in [0.15, 0.2) is 79.0 Å². The van der Waals surface area contributed by atoms with E-state index in [1.54, 1.807) is 0 Å². The summed E-state index contributed by atoms with van der Waals surface area (Å²) in [5, 5.41) is 3.10. The van der Waals surface area contributed by atoms with Gasteiger partial charge >= 0.3 is 0 Å². The molecule has 0 aliphatic carbocycles. The van der Waals surface area contributed by atoms with Crippen molar-refractivity contribution in [1.82, 2.24) is 4.90 Å². The highest BCUT2D eigenvalue weighted by Gasteiger charge is 2.71. The van der Waals surface area contributed by atoms with Crippen molar-refractivity contribution >= 4 is 29.2 Å². The van der Waals surface area contributed by atoms with E-state index in [1.807, 2.05) is 111 Å². The molecule has 3 aromatic carbocycles. The van der Waals surface area contributed by atoms with Gasteiger partial charge in [-0.05, 0) is 40.8 Å². The first-order chi connectivity index (χ1) is 18.7. The molecule has 5 nitrogen and oxygen atoms in total. The van der Waals surface area contributed by atoms with Crippen molar-refractivity contribution in [1.29, 1.82) is 0 Å². The number of fused-ring (bicyclic) bond motifs is 6. The maximum Gasteiger partial charge on any atom is 0.238 e. The fourth-order valence-corrected chi connectivity index (χ4v) is 6.92. The van der Waals surface area contributed by atoms with E-state index in [2.05, 4.69) is 12.2 Å².